The van der Waals surface area contributed by atoms with Crippen LogP contribution in [0.3, 0.4) is 0 Å². The molecule has 0 fully saturated rings. The van der Waals surface area contributed by atoms with E-state index in [1.807, 2.05) is 54.7 Å². The van der Waals surface area contributed by atoms with E-state index in [9.17, 15) is 9.59 Å². The van der Waals surface area contributed by atoms with E-state index in [0.717, 1.165) is 22.0 Å². The van der Waals surface area contributed by atoms with Crippen molar-refractivity contribution in [1.29, 1.82) is 0 Å². The summed E-state index contributed by atoms with van der Waals surface area (Å²) < 4.78 is 0. The highest BCUT2D eigenvalue weighted by Gasteiger charge is 2.16. The molecule has 0 radical (unpaired) electrons. The number of carbonyl (C=O) groups is 2. The number of rotatable bonds is 8. The lowest BCUT2D eigenvalue weighted by molar-refractivity contribution is -0.132. The lowest BCUT2D eigenvalue weighted by Gasteiger charge is -2.22. The fourth-order valence-electron chi connectivity index (χ4n) is 3.08. The van der Waals surface area contributed by atoms with Crippen LogP contribution in [0.4, 0.5) is 0 Å². The van der Waals surface area contributed by atoms with Crippen molar-refractivity contribution in [3.05, 3.63) is 71.9 Å². The van der Waals surface area contributed by atoms with E-state index in [2.05, 4.69) is 11.1 Å². The average Bonchev–Trinajstić information content (AvgIpc) is 3.07. The first-order chi connectivity index (χ1) is 12.6. The van der Waals surface area contributed by atoms with E-state index >= 15 is 0 Å². The maximum atomic E-state index is 12.8. The number of aromatic amines is 1. The Balaban J connectivity index is 1.67. The zero-order valence-corrected chi connectivity index (χ0v) is 14.7. The molecule has 3 rings (SSSR count). The zero-order chi connectivity index (χ0) is 18.4. The molecule has 3 N–H and O–H groups in total. The molecule has 2 amide bonds. The van der Waals surface area contributed by atoms with Gasteiger partial charge in [-0.15, -0.1) is 0 Å². The Labute approximate surface area is 152 Å². The summed E-state index contributed by atoms with van der Waals surface area (Å²) in [5.41, 5.74) is 8.51. The Morgan fingerprint density at radius 2 is 1.69 bits per heavy atom. The van der Waals surface area contributed by atoms with Gasteiger partial charge in [0.05, 0.1) is 0 Å². The quantitative estimate of drug-likeness (QED) is 0.656. The van der Waals surface area contributed by atoms with E-state index in [1.54, 1.807) is 4.90 Å². The molecule has 0 saturated carbocycles. The number of hydrogen-bond acceptors (Lipinski definition) is 2. The second kappa shape index (κ2) is 8.34. The van der Waals surface area contributed by atoms with Crippen LogP contribution in [0.25, 0.3) is 10.9 Å². The van der Waals surface area contributed by atoms with Gasteiger partial charge in [-0.2, -0.15) is 0 Å². The van der Waals surface area contributed by atoms with E-state index in [0.29, 0.717) is 25.9 Å². The molecule has 5 nitrogen and oxygen atoms in total. The van der Waals surface area contributed by atoms with Crippen LogP contribution in [0.2, 0.25) is 0 Å². The molecule has 0 aliphatic rings. The molecule has 1 aromatic heterocycles. The number of fused-ring (bicyclic) bond motifs is 1. The van der Waals surface area contributed by atoms with E-state index in [4.69, 9.17) is 5.73 Å². The van der Waals surface area contributed by atoms with Gasteiger partial charge in [0.2, 0.25) is 11.8 Å². The number of carbonyl (C=O) groups excluding carboxylic acids is 2. The zero-order valence-electron chi connectivity index (χ0n) is 14.7. The summed E-state index contributed by atoms with van der Waals surface area (Å²) in [5.74, 6) is -0.368. The van der Waals surface area contributed by atoms with Crippen LogP contribution in [-0.4, -0.2) is 28.2 Å². The van der Waals surface area contributed by atoms with E-state index in [1.165, 1.54) is 0 Å². The average molecular weight is 349 g/mol. The molecule has 0 bridgehead atoms. The predicted octanol–water partition coefficient (Wildman–Crippen LogP) is 3.00. The number of nitrogens with two attached hydrogens (primary N) is 1. The molecule has 0 aliphatic heterocycles. The summed E-state index contributed by atoms with van der Waals surface area (Å²) >= 11 is 0. The molecule has 0 atom stereocenters. The Hall–Kier alpha value is -3.08. The molecule has 134 valence electrons. The van der Waals surface area contributed by atoms with Gasteiger partial charge in [0, 0.05) is 43.0 Å². The predicted molar refractivity (Wildman–Crippen MR) is 102 cm³/mol. The maximum Gasteiger partial charge on any atom is 0.223 e. The standard InChI is InChI=1S/C21H23N3O2/c22-20(25)12-13-24(15-16-6-2-1-3-7-16)21(26)11-10-17-14-23-19-9-5-4-8-18(17)19/h1-9,14,23H,10-13,15H2,(H2,22,25). The first-order valence-corrected chi connectivity index (χ1v) is 8.78. The summed E-state index contributed by atoms with van der Waals surface area (Å²) in [5, 5.41) is 1.15. The summed E-state index contributed by atoms with van der Waals surface area (Å²) in [6.07, 6.45) is 3.19. The van der Waals surface area contributed by atoms with Crippen LogP contribution in [0.5, 0.6) is 0 Å². The van der Waals surface area contributed by atoms with Crippen molar-refractivity contribution < 1.29 is 9.59 Å². The van der Waals surface area contributed by atoms with Gasteiger partial charge in [-0.25, -0.2) is 0 Å². The van der Waals surface area contributed by atoms with Crippen LogP contribution in [0.15, 0.2) is 60.8 Å². The van der Waals surface area contributed by atoms with Crippen LogP contribution in [0.1, 0.15) is 24.0 Å². The highest BCUT2D eigenvalue weighted by molar-refractivity contribution is 5.84. The van der Waals surface area contributed by atoms with Crippen LogP contribution in [-0.2, 0) is 22.6 Å². The van der Waals surface area contributed by atoms with Crippen molar-refractivity contribution in [1.82, 2.24) is 9.88 Å². The number of hydrogen-bond donors (Lipinski definition) is 2. The number of primary amides is 1. The number of benzene rings is 2. The molecule has 0 spiro atoms. The lowest BCUT2D eigenvalue weighted by Crippen LogP contribution is -2.33. The summed E-state index contributed by atoms with van der Waals surface area (Å²) in [6.45, 7) is 0.831. The number of aromatic nitrogens is 1. The van der Waals surface area contributed by atoms with Crippen molar-refractivity contribution in [2.45, 2.75) is 25.8 Å². The summed E-state index contributed by atoms with van der Waals surface area (Å²) in [6, 6.07) is 17.8. The molecule has 0 saturated heterocycles. The molecule has 26 heavy (non-hydrogen) atoms. The van der Waals surface area contributed by atoms with Crippen molar-refractivity contribution >= 4 is 22.7 Å². The van der Waals surface area contributed by atoms with Gasteiger partial charge in [-0.3, -0.25) is 9.59 Å². The van der Waals surface area contributed by atoms with Gasteiger partial charge in [-0.1, -0.05) is 48.5 Å². The number of nitrogens with one attached hydrogen (secondary N) is 1. The highest BCUT2D eigenvalue weighted by Crippen LogP contribution is 2.19. The molecule has 1 heterocycles. The van der Waals surface area contributed by atoms with Crippen LogP contribution < -0.4 is 5.73 Å². The van der Waals surface area contributed by atoms with Gasteiger partial charge in [0.15, 0.2) is 0 Å². The minimum absolute atomic E-state index is 0.0281. The molecule has 2 aromatic carbocycles. The summed E-state index contributed by atoms with van der Waals surface area (Å²) in [7, 11) is 0. The van der Waals surface area contributed by atoms with Gasteiger partial charge in [0.1, 0.15) is 0 Å². The normalized spacial score (nSPS) is 10.8. The number of aryl methyl sites for hydroxylation is 1. The van der Waals surface area contributed by atoms with Crippen LogP contribution >= 0.6 is 0 Å². The minimum atomic E-state index is -0.396. The first kappa shape index (κ1) is 17.7. The Kier molecular flexibility index (Phi) is 5.69. The Morgan fingerprint density at radius 1 is 0.962 bits per heavy atom. The second-order valence-corrected chi connectivity index (χ2v) is 6.38. The third-order valence-corrected chi connectivity index (χ3v) is 4.48. The largest absolute Gasteiger partial charge is 0.370 e. The number of nitrogens with zero attached hydrogens (tertiary/aromatic N) is 1. The highest BCUT2D eigenvalue weighted by atomic mass is 16.2. The first-order valence-electron chi connectivity index (χ1n) is 8.78. The van der Waals surface area contributed by atoms with Crippen molar-refractivity contribution in [2.24, 2.45) is 5.73 Å². The monoisotopic (exact) mass is 349 g/mol. The van der Waals surface area contributed by atoms with Gasteiger partial charge in [0.25, 0.3) is 0 Å². The van der Waals surface area contributed by atoms with Crippen LogP contribution in [0, 0.1) is 0 Å². The minimum Gasteiger partial charge on any atom is -0.370 e. The maximum absolute atomic E-state index is 12.8. The topological polar surface area (TPSA) is 79.2 Å². The SMILES string of the molecule is NC(=O)CCN(Cc1ccccc1)C(=O)CCc1c[nH]c2ccccc12. The number of para-hydroxylation sites is 1. The van der Waals surface area contributed by atoms with E-state index in [-0.39, 0.29) is 12.3 Å². The van der Waals surface area contributed by atoms with Gasteiger partial charge < -0.3 is 15.6 Å². The fourth-order valence-corrected chi connectivity index (χ4v) is 3.08. The van der Waals surface area contributed by atoms with Crippen molar-refractivity contribution in [3.63, 3.8) is 0 Å². The molecule has 0 unspecified atom stereocenters. The molecule has 5 heteroatoms. The third-order valence-electron chi connectivity index (χ3n) is 4.48. The number of amides is 2. The molecular weight excluding hydrogens is 326 g/mol. The van der Waals surface area contributed by atoms with Crippen molar-refractivity contribution in [3.8, 4) is 0 Å². The fraction of sp³-hybridized carbons (Fsp3) is 0.238. The Bertz CT molecular complexity index is 886. The third kappa shape index (κ3) is 4.51. The van der Waals surface area contributed by atoms with E-state index < -0.39 is 5.91 Å². The lowest BCUT2D eigenvalue weighted by atomic mass is 10.1. The molecule has 3 aromatic rings. The van der Waals surface area contributed by atoms with Gasteiger partial charge in [-0.05, 0) is 23.6 Å². The smallest absolute Gasteiger partial charge is 0.223 e. The second-order valence-electron chi connectivity index (χ2n) is 6.38. The number of H-pyrrole nitrogens is 1. The van der Waals surface area contributed by atoms with Crippen molar-refractivity contribution in [2.75, 3.05) is 6.54 Å². The molecule has 0 aliphatic carbocycles. The Morgan fingerprint density at radius 3 is 2.46 bits per heavy atom. The summed E-state index contributed by atoms with van der Waals surface area (Å²) in [4.78, 5) is 28.9. The molecular formula is C21H23N3O2. The van der Waals surface area contributed by atoms with Gasteiger partial charge >= 0.3 is 0 Å².